The van der Waals surface area contributed by atoms with E-state index in [9.17, 15) is 9.59 Å². The first-order valence-electron chi connectivity index (χ1n) is 7.36. The number of hydrogen-bond donors (Lipinski definition) is 0. The first kappa shape index (κ1) is 16.2. The lowest BCUT2D eigenvalue weighted by Gasteiger charge is -2.21. The molecule has 0 saturated carbocycles. The summed E-state index contributed by atoms with van der Waals surface area (Å²) >= 11 is 0. The van der Waals surface area contributed by atoms with Crippen LogP contribution in [0, 0.1) is 0 Å². The fraction of sp³-hybridized carbons (Fsp3) is 0.412. The molecule has 0 radical (unpaired) electrons. The van der Waals surface area contributed by atoms with Crippen molar-refractivity contribution in [2.24, 2.45) is 0 Å². The molecule has 0 fully saturated rings. The fourth-order valence-corrected chi connectivity index (χ4v) is 2.10. The number of rotatable bonds is 6. The van der Waals surface area contributed by atoms with Crippen LogP contribution in [0.25, 0.3) is 0 Å². The molecular weight excluding hydrogens is 284 g/mol. The molecule has 22 heavy (non-hydrogen) atoms. The van der Waals surface area contributed by atoms with Crippen molar-refractivity contribution < 1.29 is 23.8 Å². The summed E-state index contributed by atoms with van der Waals surface area (Å²) in [5.74, 6) is -0.658. The van der Waals surface area contributed by atoms with Gasteiger partial charge < -0.3 is 14.2 Å². The SMILES string of the molecule is CCOC(=O)C1=CCC(CC(=O)OCc2ccccc2)OC1. The van der Waals surface area contributed by atoms with Crippen LogP contribution in [0.2, 0.25) is 0 Å². The molecule has 1 atom stereocenters. The van der Waals surface area contributed by atoms with Gasteiger partial charge in [0.15, 0.2) is 0 Å². The lowest BCUT2D eigenvalue weighted by molar-refractivity contribution is -0.148. The number of carbonyl (C=O) groups is 2. The van der Waals surface area contributed by atoms with E-state index in [4.69, 9.17) is 14.2 Å². The molecule has 1 aromatic carbocycles. The Labute approximate surface area is 129 Å². The highest BCUT2D eigenvalue weighted by Gasteiger charge is 2.22. The Morgan fingerprint density at radius 3 is 2.64 bits per heavy atom. The normalized spacial score (nSPS) is 17.5. The lowest BCUT2D eigenvalue weighted by Crippen LogP contribution is -2.26. The Balaban J connectivity index is 1.73. The van der Waals surface area contributed by atoms with Gasteiger partial charge in [-0.3, -0.25) is 4.79 Å². The van der Waals surface area contributed by atoms with Gasteiger partial charge in [0, 0.05) is 0 Å². The summed E-state index contributed by atoms with van der Waals surface area (Å²) in [5, 5.41) is 0. The van der Waals surface area contributed by atoms with Gasteiger partial charge in [0.2, 0.25) is 0 Å². The molecule has 2 rings (SSSR count). The average molecular weight is 304 g/mol. The Hall–Kier alpha value is -2.14. The van der Waals surface area contributed by atoms with Crippen molar-refractivity contribution in [2.75, 3.05) is 13.2 Å². The Morgan fingerprint density at radius 1 is 1.23 bits per heavy atom. The minimum absolute atomic E-state index is 0.176. The minimum atomic E-state index is -0.354. The number of benzene rings is 1. The van der Waals surface area contributed by atoms with Gasteiger partial charge in [0.05, 0.1) is 31.3 Å². The zero-order chi connectivity index (χ0) is 15.8. The van der Waals surface area contributed by atoms with Crippen molar-refractivity contribution in [1.29, 1.82) is 0 Å². The summed E-state index contributed by atoms with van der Waals surface area (Å²) in [7, 11) is 0. The van der Waals surface area contributed by atoms with Crippen LogP contribution in [0.5, 0.6) is 0 Å². The third kappa shape index (κ3) is 5.00. The predicted molar refractivity (Wildman–Crippen MR) is 79.9 cm³/mol. The highest BCUT2D eigenvalue weighted by molar-refractivity contribution is 5.88. The van der Waals surface area contributed by atoms with Crippen molar-refractivity contribution >= 4 is 11.9 Å². The Kier molecular flexibility index (Phi) is 6.15. The first-order valence-corrected chi connectivity index (χ1v) is 7.36. The van der Waals surface area contributed by atoms with E-state index in [1.807, 2.05) is 30.3 Å². The van der Waals surface area contributed by atoms with E-state index in [1.54, 1.807) is 13.0 Å². The summed E-state index contributed by atoms with van der Waals surface area (Å²) < 4.78 is 15.6. The molecule has 1 heterocycles. The highest BCUT2D eigenvalue weighted by atomic mass is 16.5. The van der Waals surface area contributed by atoms with E-state index in [0.29, 0.717) is 18.6 Å². The van der Waals surface area contributed by atoms with Crippen LogP contribution in [0.15, 0.2) is 42.0 Å². The van der Waals surface area contributed by atoms with E-state index in [0.717, 1.165) is 5.56 Å². The second-order valence-electron chi connectivity index (χ2n) is 4.97. The molecule has 1 aliphatic rings. The summed E-state index contributed by atoms with van der Waals surface area (Å²) in [6.45, 7) is 2.53. The quantitative estimate of drug-likeness (QED) is 0.755. The van der Waals surface area contributed by atoms with Crippen molar-refractivity contribution in [3.63, 3.8) is 0 Å². The molecule has 0 aliphatic carbocycles. The smallest absolute Gasteiger partial charge is 0.336 e. The molecule has 0 aromatic heterocycles. The summed E-state index contributed by atoms with van der Waals surface area (Å²) in [4.78, 5) is 23.3. The van der Waals surface area contributed by atoms with Crippen LogP contribution < -0.4 is 0 Å². The van der Waals surface area contributed by atoms with E-state index in [-0.39, 0.29) is 37.7 Å². The number of hydrogen-bond acceptors (Lipinski definition) is 5. The third-order valence-electron chi connectivity index (χ3n) is 3.28. The van der Waals surface area contributed by atoms with Crippen LogP contribution in [-0.2, 0) is 30.4 Å². The molecule has 0 saturated heterocycles. The highest BCUT2D eigenvalue weighted by Crippen LogP contribution is 2.17. The van der Waals surface area contributed by atoms with E-state index < -0.39 is 0 Å². The topological polar surface area (TPSA) is 61.8 Å². The van der Waals surface area contributed by atoms with Gasteiger partial charge in [0.25, 0.3) is 0 Å². The average Bonchev–Trinajstić information content (AvgIpc) is 2.55. The third-order valence-corrected chi connectivity index (χ3v) is 3.28. The maximum Gasteiger partial charge on any atom is 0.336 e. The number of esters is 2. The molecule has 0 amide bonds. The van der Waals surface area contributed by atoms with Gasteiger partial charge in [-0.05, 0) is 18.9 Å². The van der Waals surface area contributed by atoms with Gasteiger partial charge >= 0.3 is 11.9 Å². The predicted octanol–water partition coefficient (Wildman–Crippen LogP) is 2.40. The maximum absolute atomic E-state index is 11.8. The molecule has 0 spiro atoms. The molecule has 0 N–H and O–H groups in total. The van der Waals surface area contributed by atoms with Crippen LogP contribution in [0.3, 0.4) is 0 Å². The summed E-state index contributed by atoms with van der Waals surface area (Å²) in [6, 6.07) is 9.51. The standard InChI is InChI=1S/C17H20O5/c1-2-20-17(19)14-8-9-15(21-12-14)10-16(18)22-11-13-6-4-3-5-7-13/h3-8,15H,2,9-12H2,1H3. The zero-order valence-electron chi connectivity index (χ0n) is 12.6. The second-order valence-corrected chi connectivity index (χ2v) is 4.97. The fourth-order valence-electron chi connectivity index (χ4n) is 2.10. The van der Waals surface area contributed by atoms with E-state index >= 15 is 0 Å². The summed E-state index contributed by atoms with van der Waals surface area (Å²) in [6.07, 6.45) is 2.21. The van der Waals surface area contributed by atoms with Gasteiger partial charge in [0.1, 0.15) is 6.61 Å². The second kappa shape index (κ2) is 8.34. The molecule has 118 valence electrons. The monoisotopic (exact) mass is 304 g/mol. The molecule has 1 aliphatic heterocycles. The minimum Gasteiger partial charge on any atom is -0.463 e. The molecular formula is C17H20O5. The molecule has 1 unspecified atom stereocenters. The van der Waals surface area contributed by atoms with Crippen molar-refractivity contribution in [1.82, 2.24) is 0 Å². The Bertz CT molecular complexity index is 535. The molecule has 0 bridgehead atoms. The number of ether oxygens (including phenoxy) is 3. The van der Waals surface area contributed by atoms with Crippen LogP contribution in [-0.4, -0.2) is 31.3 Å². The van der Waals surface area contributed by atoms with Crippen molar-refractivity contribution in [3.8, 4) is 0 Å². The van der Waals surface area contributed by atoms with Gasteiger partial charge in [-0.2, -0.15) is 0 Å². The molecule has 5 heteroatoms. The van der Waals surface area contributed by atoms with Crippen molar-refractivity contribution in [2.45, 2.75) is 32.5 Å². The van der Waals surface area contributed by atoms with Crippen molar-refractivity contribution in [3.05, 3.63) is 47.5 Å². The molecule has 5 nitrogen and oxygen atoms in total. The van der Waals surface area contributed by atoms with Crippen LogP contribution >= 0.6 is 0 Å². The van der Waals surface area contributed by atoms with E-state index in [1.165, 1.54) is 0 Å². The summed E-state index contributed by atoms with van der Waals surface area (Å²) in [5.41, 5.74) is 1.46. The van der Waals surface area contributed by atoms with Crippen LogP contribution in [0.4, 0.5) is 0 Å². The maximum atomic E-state index is 11.8. The largest absolute Gasteiger partial charge is 0.463 e. The zero-order valence-corrected chi connectivity index (χ0v) is 12.6. The van der Waals surface area contributed by atoms with Crippen LogP contribution in [0.1, 0.15) is 25.3 Å². The lowest BCUT2D eigenvalue weighted by atomic mass is 10.1. The Morgan fingerprint density at radius 2 is 2.00 bits per heavy atom. The molecule has 1 aromatic rings. The number of carbonyl (C=O) groups excluding carboxylic acids is 2. The van der Waals surface area contributed by atoms with E-state index in [2.05, 4.69) is 0 Å². The first-order chi connectivity index (χ1) is 10.7. The van der Waals surface area contributed by atoms with Gasteiger partial charge in [-0.25, -0.2) is 4.79 Å². The van der Waals surface area contributed by atoms with Gasteiger partial charge in [-0.1, -0.05) is 36.4 Å². The van der Waals surface area contributed by atoms with Gasteiger partial charge in [-0.15, -0.1) is 0 Å².